The largest absolute Gasteiger partial charge is 0.484 e. The van der Waals surface area contributed by atoms with Crippen LogP contribution in [0.3, 0.4) is 0 Å². The molecule has 1 heterocycles. The number of para-hydroxylation sites is 3. The highest BCUT2D eigenvalue weighted by molar-refractivity contribution is 6.32. The highest BCUT2D eigenvalue weighted by atomic mass is 35.5. The average molecular weight is 428 g/mol. The van der Waals surface area contributed by atoms with Crippen LogP contribution in [0.5, 0.6) is 5.75 Å². The minimum absolute atomic E-state index is 0.0968. The number of imidazole rings is 1. The van der Waals surface area contributed by atoms with Crippen molar-refractivity contribution >= 4 is 28.5 Å². The number of halogens is 1. The van der Waals surface area contributed by atoms with Gasteiger partial charge in [-0.2, -0.15) is 0 Å². The second kappa shape index (κ2) is 9.98. The molecule has 0 unspecified atom stereocenters. The number of carbonyl (C=O) groups excluding carboxylic acids is 1. The van der Waals surface area contributed by atoms with Gasteiger partial charge in [-0.05, 0) is 36.1 Å². The first-order valence-corrected chi connectivity index (χ1v) is 10.8. The Kier molecular flexibility index (Phi) is 7.38. The van der Waals surface area contributed by atoms with Gasteiger partial charge in [0.05, 0.1) is 16.1 Å². The van der Waals surface area contributed by atoms with Crippen molar-refractivity contribution in [2.24, 2.45) is 11.8 Å². The van der Waals surface area contributed by atoms with Gasteiger partial charge in [-0.15, -0.1) is 0 Å². The topological polar surface area (TPSA) is 47.4 Å². The second-order valence-electron chi connectivity index (χ2n) is 8.41. The Balaban J connectivity index is 1.87. The first-order valence-electron chi connectivity index (χ1n) is 10.4. The molecule has 0 fully saturated rings. The molecule has 0 saturated carbocycles. The highest BCUT2D eigenvalue weighted by Crippen LogP contribution is 2.25. The number of aromatic nitrogens is 2. The van der Waals surface area contributed by atoms with Gasteiger partial charge in [0.2, 0.25) is 5.91 Å². The number of rotatable bonds is 9. The SMILES string of the molecule is CC(C)CN(CC(C)C)C(=O)Cn1c(COc2ccccc2Cl)nc2ccccc21. The lowest BCUT2D eigenvalue weighted by Gasteiger charge is -2.27. The van der Waals surface area contributed by atoms with E-state index in [9.17, 15) is 4.79 Å². The average Bonchev–Trinajstić information content (AvgIpc) is 3.03. The molecule has 0 aliphatic rings. The van der Waals surface area contributed by atoms with Crippen LogP contribution in [0.2, 0.25) is 5.02 Å². The zero-order valence-electron chi connectivity index (χ0n) is 18.1. The molecule has 2 aromatic carbocycles. The third-order valence-electron chi connectivity index (χ3n) is 4.74. The number of benzene rings is 2. The molecule has 0 spiro atoms. The summed E-state index contributed by atoms with van der Waals surface area (Å²) in [6.07, 6.45) is 0. The summed E-state index contributed by atoms with van der Waals surface area (Å²) in [5, 5.41) is 0.552. The normalized spacial score (nSPS) is 11.4. The Morgan fingerprint density at radius 3 is 2.33 bits per heavy atom. The molecule has 6 heteroatoms. The number of nitrogens with zero attached hydrogens (tertiary/aromatic N) is 3. The van der Waals surface area contributed by atoms with Crippen molar-refractivity contribution in [2.45, 2.75) is 40.8 Å². The summed E-state index contributed by atoms with van der Waals surface area (Å²) in [6, 6.07) is 15.2. The third-order valence-corrected chi connectivity index (χ3v) is 5.06. The van der Waals surface area contributed by atoms with Crippen LogP contribution in [0.25, 0.3) is 11.0 Å². The molecular formula is C24H30ClN3O2. The molecule has 160 valence electrons. The molecule has 0 atom stereocenters. The summed E-state index contributed by atoms with van der Waals surface area (Å²) in [4.78, 5) is 19.9. The number of hydrogen-bond acceptors (Lipinski definition) is 3. The second-order valence-corrected chi connectivity index (χ2v) is 8.82. The lowest BCUT2D eigenvalue weighted by Crippen LogP contribution is -2.39. The van der Waals surface area contributed by atoms with Gasteiger partial charge in [-0.25, -0.2) is 4.98 Å². The number of fused-ring (bicyclic) bond motifs is 1. The van der Waals surface area contributed by atoms with E-state index in [0.717, 1.165) is 24.1 Å². The molecule has 0 aliphatic carbocycles. The molecule has 1 amide bonds. The number of amides is 1. The van der Waals surface area contributed by atoms with Crippen LogP contribution in [0.4, 0.5) is 0 Å². The lowest BCUT2D eigenvalue weighted by molar-refractivity contribution is -0.132. The van der Waals surface area contributed by atoms with Crippen LogP contribution in [0.15, 0.2) is 48.5 Å². The maximum Gasteiger partial charge on any atom is 0.242 e. The minimum Gasteiger partial charge on any atom is -0.484 e. The van der Waals surface area contributed by atoms with Crippen LogP contribution in [-0.2, 0) is 17.9 Å². The Morgan fingerprint density at radius 1 is 1.03 bits per heavy atom. The van der Waals surface area contributed by atoms with E-state index in [0.29, 0.717) is 28.4 Å². The van der Waals surface area contributed by atoms with Crippen molar-refractivity contribution in [3.8, 4) is 5.75 Å². The predicted octanol–water partition coefficient (Wildman–Crippen LogP) is 5.41. The van der Waals surface area contributed by atoms with E-state index in [1.54, 1.807) is 6.07 Å². The van der Waals surface area contributed by atoms with Crippen molar-refractivity contribution in [3.63, 3.8) is 0 Å². The van der Waals surface area contributed by atoms with Gasteiger partial charge < -0.3 is 14.2 Å². The molecule has 30 heavy (non-hydrogen) atoms. The van der Waals surface area contributed by atoms with Crippen molar-refractivity contribution in [2.75, 3.05) is 13.1 Å². The standard InChI is InChI=1S/C24H30ClN3O2/c1-17(2)13-27(14-18(3)4)24(29)15-28-21-11-7-6-10-20(21)26-23(28)16-30-22-12-8-5-9-19(22)25/h5-12,17-18H,13-16H2,1-4H3. The fourth-order valence-electron chi connectivity index (χ4n) is 3.51. The van der Waals surface area contributed by atoms with Crippen molar-refractivity contribution in [1.82, 2.24) is 14.5 Å². The molecular weight excluding hydrogens is 398 g/mol. The van der Waals surface area contributed by atoms with Gasteiger partial charge in [-0.1, -0.05) is 63.6 Å². The van der Waals surface area contributed by atoms with E-state index in [-0.39, 0.29) is 19.1 Å². The zero-order valence-corrected chi connectivity index (χ0v) is 18.9. The molecule has 1 aromatic heterocycles. The molecule has 0 bridgehead atoms. The van der Waals surface area contributed by atoms with Crippen LogP contribution in [0.1, 0.15) is 33.5 Å². The van der Waals surface area contributed by atoms with Crippen LogP contribution < -0.4 is 4.74 Å². The summed E-state index contributed by atoms with van der Waals surface area (Å²) in [6.45, 7) is 10.5. The summed E-state index contributed by atoms with van der Waals surface area (Å²) >= 11 is 6.22. The first-order chi connectivity index (χ1) is 14.3. The van der Waals surface area contributed by atoms with E-state index < -0.39 is 0 Å². The quantitative estimate of drug-likeness (QED) is 0.458. The summed E-state index contributed by atoms with van der Waals surface area (Å²) in [7, 11) is 0. The molecule has 0 N–H and O–H groups in total. The summed E-state index contributed by atoms with van der Waals surface area (Å²) < 4.78 is 7.88. The van der Waals surface area contributed by atoms with Gasteiger partial charge in [0, 0.05) is 13.1 Å². The predicted molar refractivity (Wildman–Crippen MR) is 122 cm³/mol. The van der Waals surface area contributed by atoms with Gasteiger partial charge >= 0.3 is 0 Å². The van der Waals surface area contributed by atoms with Crippen molar-refractivity contribution < 1.29 is 9.53 Å². The van der Waals surface area contributed by atoms with E-state index in [4.69, 9.17) is 21.3 Å². The summed E-state index contributed by atoms with van der Waals surface area (Å²) in [5.74, 6) is 2.23. The molecule has 5 nitrogen and oxygen atoms in total. The van der Waals surface area contributed by atoms with Gasteiger partial charge in [0.25, 0.3) is 0 Å². The monoisotopic (exact) mass is 427 g/mol. The fraction of sp³-hybridized carbons (Fsp3) is 0.417. The third kappa shape index (κ3) is 5.54. The van der Waals surface area contributed by atoms with Crippen molar-refractivity contribution in [1.29, 1.82) is 0 Å². The van der Waals surface area contributed by atoms with E-state index in [1.165, 1.54) is 0 Å². The Labute approximate surface area is 183 Å². The Morgan fingerprint density at radius 2 is 1.67 bits per heavy atom. The molecule has 0 radical (unpaired) electrons. The van der Waals surface area contributed by atoms with Crippen LogP contribution >= 0.6 is 11.6 Å². The molecule has 0 aliphatic heterocycles. The maximum atomic E-state index is 13.2. The van der Waals surface area contributed by atoms with E-state index >= 15 is 0 Å². The number of ether oxygens (including phenoxy) is 1. The van der Waals surface area contributed by atoms with Crippen molar-refractivity contribution in [3.05, 3.63) is 59.4 Å². The van der Waals surface area contributed by atoms with Gasteiger partial charge in [-0.3, -0.25) is 4.79 Å². The van der Waals surface area contributed by atoms with E-state index in [2.05, 4.69) is 27.7 Å². The smallest absolute Gasteiger partial charge is 0.242 e. The zero-order chi connectivity index (χ0) is 21.7. The van der Waals surface area contributed by atoms with Crippen LogP contribution in [0, 0.1) is 11.8 Å². The fourth-order valence-corrected chi connectivity index (χ4v) is 3.70. The van der Waals surface area contributed by atoms with Gasteiger partial charge in [0.15, 0.2) is 0 Å². The Hall–Kier alpha value is -2.53. The number of carbonyl (C=O) groups is 1. The maximum absolute atomic E-state index is 13.2. The minimum atomic E-state index is 0.0968. The van der Waals surface area contributed by atoms with Crippen LogP contribution in [-0.4, -0.2) is 33.4 Å². The molecule has 3 aromatic rings. The number of hydrogen-bond donors (Lipinski definition) is 0. The van der Waals surface area contributed by atoms with E-state index in [1.807, 2.05) is 51.9 Å². The highest BCUT2D eigenvalue weighted by Gasteiger charge is 2.20. The molecule has 0 saturated heterocycles. The Bertz CT molecular complexity index is 987. The van der Waals surface area contributed by atoms with Gasteiger partial charge in [0.1, 0.15) is 24.7 Å². The first kappa shape index (κ1) is 22.2. The lowest BCUT2D eigenvalue weighted by atomic mass is 10.1. The summed E-state index contributed by atoms with van der Waals surface area (Å²) in [5.41, 5.74) is 1.78. The molecule has 3 rings (SSSR count).